The van der Waals surface area contributed by atoms with Crippen LogP contribution in [-0.2, 0) is 0 Å². The number of hydrogen-bond acceptors (Lipinski definition) is 2. The lowest BCUT2D eigenvalue weighted by Crippen LogP contribution is -2.16. The van der Waals surface area contributed by atoms with E-state index in [2.05, 4.69) is 17.0 Å². The largest absolute Gasteiger partial charge is 0.388 e. The molecule has 0 aliphatic heterocycles. The molecule has 2 rings (SSSR count). The van der Waals surface area contributed by atoms with Crippen LogP contribution < -0.4 is 4.90 Å². The summed E-state index contributed by atoms with van der Waals surface area (Å²) in [5, 5.41) is 10.4. The van der Waals surface area contributed by atoms with E-state index in [-0.39, 0.29) is 6.10 Å². The van der Waals surface area contributed by atoms with Gasteiger partial charge in [-0.05, 0) is 36.5 Å². The second kappa shape index (κ2) is 5.54. The molecule has 1 saturated carbocycles. The van der Waals surface area contributed by atoms with Gasteiger partial charge >= 0.3 is 0 Å². The van der Waals surface area contributed by atoms with E-state index >= 15 is 0 Å². The summed E-state index contributed by atoms with van der Waals surface area (Å²) in [5.41, 5.74) is 2.24. The van der Waals surface area contributed by atoms with E-state index in [1.165, 1.54) is 32.1 Å². The van der Waals surface area contributed by atoms with Crippen molar-refractivity contribution in [1.82, 2.24) is 0 Å². The Kier molecular flexibility index (Phi) is 4.06. The van der Waals surface area contributed by atoms with Gasteiger partial charge in [-0.25, -0.2) is 0 Å². The number of nitrogens with zero attached hydrogens (tertiary/aromatic N) is 1. The molecule has 2 nitrogen and oxygen atoms in total. The molecule has 1 unspecified atom stereocenters. The maximum Gasteiger partial charge on any atom is 0.0818 e. The van der Waals surface area contributed by atoms with Gasteiger partial charge in [0.2, 0.25) is 0 Å². The SMILES string of the molecule is CN(C)c1cccc(C(O)C2CCCCC2)c1. The normalized spacial score (nSPS) is 19.0. The lowest BCUT2D eigenvalue weighted by atomic mass is 9.83. The van der Waals surface area contributed by atoms with Gasteiger partial charge in [-0.1, -0.05) is 31.4 Å². The molecular weight excluding hydrogens is 210 g/mol. The molecule has 1 N–H and O–H groups in total. The smallest absolute Gasteiger partial charge is 0.0818 e. The fraction of sp³-hybridized carbons (Fsp3) is 0.600. The van der Waals surface area contributed by atoms with E-state index in [0.717, 1.165) is 11.3 Å². The van der Waals surface area contributed by atoms with Crippen LogP contribution in [0.5, 0.6) is 0 Å². The summed E-state index contributed by atoms with van der Waals surface area (Å²) in [5.74, 6) is 0.459. The molecule has 0 bridgehead atoms. The van der Waals surface area contributed by atoms with Crippen molar-refractivity contribution >= 4 is 5.69 Å². The third-order valence-corrected chi connectivity index (χ3v) is 3.82. The number of benzene rings is 1. The Bertz CT molecular complexity index is 356. The molecule has 1 fully saturated rings. The van der Waals surface area contributed by atoms with Crippen LogP contribution in [0.3, 0.4) is 0 Å². The Morgan fingerprint density at radius 3 is 2.53 bits per heavy atom. The average molecular weight is 233 g/mol. The molecule has 1 aliphatic carbocycles. The highest BCUT2D eigenvalue weighted by Gasteiger charge is 2.23. The number of rotatable bonds is 3. The number of anilines is 1. The van der Waals surface area contributed by atoms with Crippen LogP contribution in [0.25, 0.3) is 0 Å². The number of aliphatic hydroxyl groups is 1. The van der Waals surface area contributed by atoms with Crippen molar-refractivity contribution in [1.29, 1.82) is 0 Å². The first-order valence-corrected chi connectivity index (χ1v) is 6.64. The molecular formula is C15H23NO. The first-order chi connectivity index (χ1) is 8.18. The fourth-order valence-electron chi connectivity index (χ4n) is 2.71. The maximum absolute atomic E-state index is 10.4. The Labute approximate surface area is 104 Å². The summed E-state index contributed by atoms with van der Waals surface area (Å²) in [6.45, 7) is 0. The minimum Gasteiger partial charge on any atom is -0.388 e. The lowest BCUT2D eigenvalue weighted by Gasteiger charge is -2.27. The van der Waals surface area contributed by atoms with Crippen molar-refractivity contribution in [3.8, 4) is 0 Å². The van der Waals surface area contributed by atoms with Crippen molar-refractivity contribution in [3.05, 3.63) is 29.8 Å². The van der Waals surface area contributed by atoms with Crippen LogP contribution in [0.15, 0.2) is 24.3 Å². The topological polar surface area (TPSA) is 23.5 Å². The highest BCUT2D eigenvalue weighted by atomic mass is 16.3. The van der Waals surface area contributed by atoms with E-state index in [0.29, 0.717) is 5.92 Å². The molecule has 0 radical (unpaired) electrons. The van der Waals surface area contributed by atoms with Gasteiger partial charge in [-0.3, -0.25) is 0 Å². The van der Waals surface area contributed by atoms with E-state index < -0.39 is 0 Å². The summed E-state index contributed by atoms with van der Waals surface area (Å²) >= 11 is 0. The summed E-state index contributed by atoms with van der Waals surface area (Å²) < 4.78 is 0. The van der Waals surface area contributed by atoms with Crippen molar-refractivity contribution in [2.24, 2.45) is 5.92 Å². The fourth-order valence-corrected chi connectivity index (χ4v) is 2.71. The zero-order valence-corrected chi connectivity index (χ0v) is 10.9. The molecule has 0 amide bonds. The van der Waals surface area contributed by atoms with Crippen LogP contribution >= 0.6 is 0 Å². The predicted octanol–water partition coefficient (Wildman–Crippen LogP) is 3.37. The Morgan fingerprint density at radius 1 is 1.18 bits per heavy atom. The molecule has 1 aromatic rings. The van der Waals surface area contributed by atoms with Crippen LogP contribution in [-0.4, -0.2) is 19.2 Å². The van der Waals surface area contributed by atoms with Gasteiger partial charge in [0.1, 0.15) is 0 Å². The molecule has 0 spiro atoms. The van der Waals surface area contributed by atoms with Crippen LogP contribution in [0.1, 0.15) is 43.8 Å². The first kappa shape index (κ1) is 12.4. The van der Waals surface area contributed by atoms with Gasteiger partial charge in [0.05, 0.1) is 6.10 Å². The molecule has 17 heavy (non-hydrogen) atoms. The molecule has 1 aliphatic rings. The van der Waals surface area contributed by atoms with Crippen LogP contribution in [0.4, 0.5) is 5.69 Å². The van der Waals surface area contributed by atoms with E-state index in [4.69, 9.17) is 0 Å². The van der Waals surface area contributed by atoms with E-state index in [1.807, 2.05) is 26.2 Å². The van der Waals surface area contributed by atoms with Gasteiger partial charge < -0.3 is 10.0 Å². The van der Waals surface area contributed by atoms with E-state index in [1.54, 1.807) is 0 Å². The van der Waals surface area contributed by atoms with Crippen molar-refractivity contribution in [2.45, 2.75) is 38.2 Å². The van der Waals surface area contributed by atoms with Gasteiger partial charge in [0, 0.05) is 19.8 Å². The van der Waals surface area contributed by atoms with Crippen molar-refractivity contribution < 1.29 is 5.11 Å². The zero-order chi connectivity index (χ0) is 12.3. The van der Waals surface area contributed by atoms with Gasteiger partial charge in [-0.2, -0.15) is 0 Å². The minimum absolute atomic E-state index is 0.282. The highest BCUT2D eigenvalue weighted by molar-refractivity contribution is 5.47. The molecule has 94 valence electrons. The number of aliphatic hydroxyl groups excluding tert-OH is 1. The minimum atomic E-state index is -0.282. The average Bonchev–Trinajstić information content (AvgIpc) is 2.39. The van der Waals surface area contributed by atoms with Gasteiger partial charge in [-0.15, -0.1) is 0 Å². The summed E-state index contributed by atoms with van der Waals surface area (Å²) in [6.07, 6.45) is 5.95. The third-order valence-electron chi connectivity index (χ3n) is 3.82. The first-order valence-electron chi connectivity index (χ1n) is 6.64. The second-order valence-corrected chi connectivity index (χ2v) is 5.33. The summed E-state index contributed by atoms with van der Waals surface area (Å²) in [6, 6.07) is 8.28. The van der Waals surface area contributed by atoms with Crippen molar-refractivity contribution in [2.75, 3.05) is 19.0 Å². The molecule has 0 aromatic heterocycles. The van der Waals surface area contributed by atoms with Crippen LogP contribution in [0, 0.1) is 5.92 Å². The summed E-state index contributed by atoms with van der Waals surface area (Å²) in [7, 11) is 4.07. The van der Waals surface area contributed by atoms with E-state index in [9.17, 15) is 5.11 Å². The van der Waals surface area contributed by atoms with Gasteiger partial charge in [0.25, 0.3) is 0 Å². The maximum atomic E-state index is 10.4. The number of hydrogen-bond donors (Lipinski definition) is 1. The Hall–Kier alpha value is -1.02. The van der Waals surface area contributed by atoms with Gasteiger partial charge in [0.15, 0.2) is 0 Å². The molecule has 0 saturated heterocycles. The van der Waals surface area contributed by atoms with Crippen LogP contribution in [0.2, 0.25) is 0 Å². The lowest BCUT2D eigenvalue weighted by molar-refractivity contribution is 0.0849. The Morgan fingerprint density at radius 2 is 1.88 bits per heavy atom. The standard InChI is InChI=1S/C15H23NO/c1-16(2)14-10-6-9-13(11-14)15(17)12-7-4-3-5-8-12/h6,9-12,15,17H,3-5,7-8H2,1-2H3. The second-order valence-electron chi connectivity index (χ2n) is 5.33. The quantitative estimate of drug-likeness (QED) is 0.865. The van der Waals surface area contributed by atoms with Crippen molar-refractivity contribution in [3.63, 3.8) is 0 Å². The third kappa shape index (κ3) is 3.01. The molecule has 2 heteroatoms. The Balaban J connectivity index is 2.12. The monoisotopic (exact) mass is 233 g/mol. The molecule has 0 heterocycles. The predicted molar refractivity (Wildman–Crippen MR) is 72.3 cm³/mol. The highest BCUT2D eigenvalue weighted by Crippen LogP contribution is 2.35. The molecule has 1 atom stereocenters. The molecule has 1 aromatic carbocycles. The summed E-state index contributed by atoms with van der Waals surface area (Å²) in [4.78, 5) is 2.08. The zero-order valence-electron chi connectivity index (χ0n) is 10.9.